The van der Waals surface area contributed by atoms with Crippen molar-refractivity contribution >= 4 is 5.95 Å². The lowest BCUT2D eigenvalue weighted by Crippen LogP contribution is -2.12. The lowest BCUT2D eigenvalue weighted by molar-refractivity contribution is 0.732. The second kappa shape index (κ2) is 6.20. The molecule has 0 amide bonds. The van der Waals surface area contributed by atoms with Gasteiger partial charge in [0, 0.05) is 43.8 Å². The van der Waals surface area contributed by atoms with E-state index in [0.29, 0.717) is 5.95 Å². The highest BCUT2D eigenvalue weighted by Gasteiger charge is 2.14. The van der Waals surface area contributed by atoms with E-state index in [4.69, 9.17) is 0 Å². The molecule has 1 unspecified atom stereocenters. The van der Waals surface area contributed by atoms with E-state index in [-0.39, 0.29) is 6.04 Å². The van der Waals surface area contributed by atoms with Crippen molar-refractivity contribution in [2.24, 2.45) is 14.1 Å². The molecule has 0 spiro atoms. The lowest BCUT2D eigenvalue weighted by Gasteiger charge is -2.16. The number of rotatable bonds is 5. The topological polar surface area (TPSA) is 73.5 Å². The minimum atomic E-state index is 0.133. The average Bonchev–Trinajstić information content (AvgIpc) is 3.15. The smallest absolute Gasteiger partial charge is 0.223 e. The normalized spacial score (nSPS) is 12.3. The fraction of sp³-hybridized carbons (Fsp3) is 0.375. The van der Waals surface area contributed by atoms with Crippen LogP contribution in [-0.4, -0.2) is 29.5 Å². The molecule has 3 heterocycles. The molecule has 0 fully saturated rings. The molecule has 0 saturated heterocycles. The predicted molar refractivity (Wildman–Crippen MR) is 88.8 cm³/mol. The van der Waals surface area contributed by atoms with Crippen molar-refractivity contribution in [3.63, 3.8) is 0 Å². The van der Waals surface area contributed by atoms with E-state index in [2.05, 4.69) is 32.4 Å². The summed E-state index contributed by atoms with van der Waals surface area (Å²) in [5.74, 6) is 0.616. The van der Waals surface area contributed by atoms with Gasteiger partial charge in [-0.05, 0) is 18.9 Å². The highest BCUT2D eigenvalue weighted by atomic mass is 15.2. The van der Waals surface area contributed by atoms with Gasteiger partial charge in [-0.2, -0.15) is 10.2 Å². The minimum Gasteiger partial charge on any atom is -0.347 e. The Kier molecular flexibility index (Phi) is 4.10. The molecule has 23 heavy (non-hydrogen) atoms. The highest BCUT2D eigenvalue weighted by molar-refractivity contribution is 5.62. The standard InChI is InChI=1S/C16H21N7/c1-5-14(12-7-18-22(3)9-12)20-16-17-6-11(2)15(21-16)13-8-19-23(4)10-13/h6-10,14H,5H2,1-4H3,(H,17,20,21). The van der Waals surface area contributed by atoms with Crippen molar-refractivity contribution in [3.05, 3.63) is 42.1 Å². The maximum absolute atomic E-state index is 4.67. The molecular weight excluding hydrogens is 290 g/mol. The van der Waals surface area contributed by atoms with Crippen LogP contribution in [-0.2, 0) is 14.1 Å². The van der Waals surface area contributed by atoms with E-state index in [0.717, 1.165) is 28.8 Å². The fourth-order valence-electron chi connectivity index (χ4n) is 2.54. The maximum Gasteiger partial charge on any atom is 0.223 e. The van der Waals surface area contributed by atoms with Gasteiger partial charge in [0.1, 0.15) is 0 Å². The van der Waals surface area contributed by atoms with Crippen LogP contribution in [0.15, 0.2) is 31.0 Å². The molecular formula is C16H21N7. The number of anilines is 1. The number of nitrogens with zero attached hydrogens (tertiary/aromatic N) is 6. The lowest BCUT2D eigenvalue weighted by atomic mass is 10.1. The van der Waals surface area contributed by atoms with Gasteiger partial charge in [0.05, 0.1) is 24.1 Å². The van der Waals surface area contributed by atoms with Gasteiger partial charge in [0.15, 0.2) is 0 Å². The Morgan fingerprint density at radius 3 is 2.43 bits per heavy atom. The number of aromatic nitrogens is 6. The van der Waals surface area contributed by atoms with E-state index in [1.54, 1.807) is 9.36 Å². The molecule has 0 bridgehead atoms. The summed E-state index contributed by atoms with van der Waals surface area (Å²) < 4.78 is 3.57. The third-order valence-corrected chi connectivity index (χ3v) is 3.79. The van der Waals surface area contributed by atoms with Crippen LogP contribution in [0.2, 0.25) is 0 Å². The van der Waals surface area contributed by atoms with E-state index >= 15 is 0 Å². The van der Waals surface area contributed by atoms with Crippen LogP contribution in [0.4, 0.5) is 5.95 Å². The van der Waals surface area contributed by atoms with Gasteiger partial charge < -0.3 is 5.32 Å². The molecule has 3 aromatic heterocycles. The molecule has 3 rings (SSSR count). The van der Waals surface area contributed by atoms with E-state index in [9.17, 15) is 0 Å². The minimum absolute atomic E-state index is 0.133. The summed E-state index contributed by atoms with van der Waals surface area (Å²) in [6, 6.07) is 0.133. The first-order valence-electron chi connectivity index (χ1n) is 7.64. The summed E-state index contributed by atoms with van der Waals surface area (Å²) in [6.07, 6.45) is 10.4. The van der Waals surface area contributed by atoms with Crippen molar-refractivity contribution in [3.8, 4) is 11.3 Å². The van der Waals surface area contributed by atoms with Crippen molar-refractivity contribution in [2.45, 2.75) is 26.3 Å². The molecule has 0 saturated carbocycles. The van der Waals surface area contributed by atoms with Gasteiger partial charge in [-0.3, -0.25) is 9.36 Å². The van der Waals surface area contributed by atoms with Gasteiger partial charge >= 0.3 is 0 Å². The first-order chi connectivity index (χ1) is 11.1. The van der Waals surface area contributed by atoms with E-state index < -0.39 is 0 Å². The molecule has 0 aliphatic heterocycles. The number of nitrogens with one attached hydrogen (secondary N) is 1. The molecule has 120 valence electrons. The summed E-state index contributed by atoms with van der Waals surface area (Å²) in [6.45, 7) is 4.13. The van der Waals surface area contributed by atoms with Gasteiger partial charge in [-0.25, -0.2) is 9.97 Å². The first-order valence-corrected chi connectivity index (χ1v) is 7.64. The van der Waals surface area contributed by atoms with Crippen molar-refractivity contribution in [1.82, 2.24) is 29.5 Å². The second-order valence-electron chi connectivity index (χ2n) is 5.68. The quantitative estimate of drug-likeness (QED) is 0.783. The van der Waals surface area contributed by atoms with Gasteiger partial charge in [-0.1, -0.05) is 6.92 Å². The molecule has 7 nitrogen and oxygen atoms in total. The molecule has 0 aliphatic rings. The van der Waals surface area contributed by atoms with Crippen LogP contribution < -0.4 is 5.32 Å². The first kappa shape index (κ1) is 15.2. The average molecular weight is 311 g/mol. The third kappa shape index (κ3) is 3.23. The summed E-state index contributed by atoms with van der Waals surface area (Å²) in [4.78, 5) is 9.09. The van der Waals surface area contributed by atoms with E-state index in [1.165, 1.54) is 0 Å². The second-order valence-corrected chi connectivity index (χ2v) is 5.68. The van der Waals surface area contributed by atoms with Crippen LogP contribution in [0.3, 0.4) is 0 Å². The van der Waals surface area contributed by atoms with Gasteiger partial charge in [-0.15, -0.1) is 0 Å². The monoisotopic (exact) mass is 311 g/mol. The molecule has 0 aliphatic carbocycles. The number of aryl methyl sites for hydroxylation is 3. The number of hydrogen-bond donors (Lipinski definition) is 1. The van der Waals surface area contributed by atoms with E-state index in [1.807, 2.05) is 52.0 Å². The Morgan fingerprint density at radius 1 is 1.09 bits per heavy atom. The molecule has 3 aromatic rings. The van der Waals surface area contributed by atoms with Crippen molar-refractivity contribution in [1.29, 1.82) is 0 Å². The van der Waals surface area contributed by atoms with Crippen LogP contribution >= 0.6 is 0 Å². The highest BCUT2D eigenvalue weighted by Crippen LogP contribution is 2.24. The largest absolute Gasteiger partial charge is 0.347 e. The zero-order valence-electron chi connectivity index (χ0n) is 13.9. The molecule has 1 N–H and O–H groups in total. The van der Waals surface area contributed by atoms with Gasteiger partial charge in [0.2, 0.25) is 5.95 Å². The molecule has 7 heteroatoms. The Labute approximate surface area is 135 Å². The van der Waals surface area contributed by atoms with Crippen LogP contribution in [0.5, 0.6) is 0 Å². The van der Waals surface area contributed by atoms with Crippen molar-refractivity contribution < 1.29 is 0 Å². The fourth-order valence-corrected chi connectivity index (χ4v) is 2.54. The van der Waals surface area contributed by atoms with Gasteiger partial charge in [0.25, 0.3) is 0 Å². The SMILES string of the molecule is CCC(Nc1ncc(C)c(-c2cnn(C)c2)n1)c1cnn(C)c1. The molecule has 0 radical (unpaired) electrons. The summed E-state index contributed by atoms with van der Waals surface area (Å²) in [5.41, 5.74) is 4.04. The third-order valence-electron chi connectivity index (χ3n) is 3.79. The van der Waals surface area contributed by atoms with Crippen LogP contribution in [0.1, 0.15) is 30.5 Å². The molecule has 0 aromatic carbocycles. The zero-order valence-corrected chi connectivity index (χ0v) is 13.9. The Bertz CT molecular complexity index is 802. The van der Waals surface area contributed by atoms with Crippen LogP contribution in [0.25, 0.3) is 11.3 Å². The Morgan fingerprint density at radius 2 is 1.83 bits per heavy atom. The van der Waals surface area contributed by atoms with Crippen LogP contribution in [0, 0.1) is 6.92 Å². The number of hydrogen-bond acceptors (Lipinski definition) is 5. The predicted octanol–water partition coefficient (Wildman–Crippen LogP) is 2.48. The zero-order chi connectivity index (χ0) is 16.4. The summed E-state index contributed by atoms with van der Waals surface area (Å²) >= 11 is 0. The summed E-state index contributed by atoms with van der Waals surface area (Å²) in [5, 5.41) is 11.8. The maximum atomic E-state index is 4.67. The molecule has 1 atom stereocenters. The van der Waals surface area contributed by atoms with Crippen molar-refractivity contribution in [2.75, 3.05) is 5.32 Å². The Hall–Kier alpha value is -2.70. The Balaban J connectivity index is 1.88. The summed E-state index contributed by atoms with van der Waals surface area (Å²) in [7, 11) is 3.81.